The quantitative estimate of drug-likeness (QED) is 0.838. The standard InChI is InChI=1S/C15H18N2O2/c1-4-10-17-12(11-8-6-5-7-9-11)13(18)16-15(2,3)14(17)19/h4-9,12H,1,10H2,2-3H3,(H,16,18). The van der Waals surface area contributed by atoms with Crippen LogP contribution in [0.4, 0.5) is 0 Å². The number of carbonyl (C=O) groups is 2. The van der Waals surface area contributed by atoms with Gasteiger partial charge < -0.3 is 10.2 Å². The van der Waals surface area contributed by atoms with Crippen molar-refractivity contribution in [2.45, 2.75) is 25.4 Å². The van der Waals surface area contributed by atoms with Crippen LogP contribution in [0.25, 0.3) is 0 Å². The number of benzene rings is 1. The van der Waals surface area contributed by atoms with E-state index in [1.807, 2.05) is 30.3 Å². The van der Waals surface area contributed by atoms with Gasteiger partial charge in [0, 0.05) is 6.54 Å². The Kier molecular flexibility index (Phi) is 3.42. The van der Waals surface area contributed by atoms with Crippen molar-refractivity contribution < 1.29 is 9.59 Å². The van der Waals surface area contributed by atoms with Crippen LogP contribution in [0.15, 0.2) is 43.0 Å². The summed E-state index contributed by atoms with van der Waals surface area (Å²) < 4.78 is 0. The first-order valence-electron chi connectivity index (χ1n) is 6.26. The predicted octanol–water partition coefficient (Wildman–Crippen LogP) is 1.65. The Balaban J connectivity index is 2.43. The average molecular weight is 258 g/mol. The highest BCUT2D eigenvalue weighted by atomic mass is 16.2. The number of rotatable bonds is 3. The summed E-state index contributed by atoms with van der Waals surface area (Å²) >= 11 is 0. The molecule has 0 aromatic heterocycles. The first kappa shape index (κ1) is 13.3. The van der Waals surface area contributed by atoms with Crippen molar-refractivity contribution in [1.29, 1.82) is 0 Å². The molecular weight excluding hydrogens is 240 g/mol. The molecule has 1 aliphatic rings. The van der Waals surface area contributed by atoms with Crippen LogP contribution in [-0.2, 0) is 9.59 Å². The summed E-state index contributed by atoms with van der Waals surface area (Å²) in [5.74, 6) is -0.251. The van der Waals surface area contributed by atoms with Gasteiger partial charge in [-0.15, -0.1) is 6.58 Å². The summed E-state index contributed by atoms with van der Waals surface area (Å²) in [6.45, 7) is 7.45. The van der Waals surface area contributed by atoms with E-state index in [1.165, 1.54) is 0 Å². The molecule has 0 bridgehead atoms. The van der Waals surface area contributed by atoms with Gasteiger partial charge in [-0.1, -0.05) is 36.4 Å². The Morgan fingerprint density at radius 1 is 1.32 bits per heavy atom. The minimum absolute atomic E-state index is 0.0964. The van der Waals surface area contributed by atoms with Crippen molar-refractivity contribution in [3.8, 4) is 0 Å². The van der Waals surface area contributed by atoms with E-state index in [-0.39, 0.29) is 11.8 Å². The number of amides is 2. The summed E-state index contributed by atoms with van der Waals surface area (Å²) in [5, 5.41) is 2.78. The lowest BCUT2D eigenvalue weighted by Gasteiger charge is -2.42. The minimum atomic E-state index is -0.870. The second-order valence-corrected chi connectivity index (χ2v) is 5.17. The van der Waals surface area contributed by atoms with E-state index in [1.54, 1.807) is 24.8 Å². The molecule has 100 valence electrons. The van der Waals surface area contributed by atoms with Gasteiger partial charge in [-0.2, -0.15) is 0 Å². The topological polar surface area (TPSA) is 49.4 Å². The van der Waals surface area contributed by atoms with Crippen molar-refractivity contribution in [3.63, 3.8) is 0 Å². The van der Waals surface area contributed by atoms with E-state index in [4.69, 9.17) is 0 Å². The highest BCUT2D eigenvalue weighted by Gasteiger charge is 2.45. The van der Waals surface area contributed by atoms with E-state index in [0.717, 1.165) is 5.56 Å². The number of piperazine rings is 1. The largest absolute Gasteiger partial charge is 0.340 e. The summed E-state index contributed by atoms with van der Waals surface area (Å²) in [4.78, 5) is 26.3. The van der Waals surface area contributed by atoms with Crippen LogP contribution in [0.3, 0.4) is 0 Å². The Bertz CT molecular complexity index is 508. The Morgan fingerprint density at radius 2 is 1.95 bits per heavy atom. The maximum Gasteiger partial charge on any atom is 0.248 e. The van der Waals surface area contributed by atoms with Crippen molar-refractivity contribution in [1.82, 2.24) is 10.2 Å². The predicted molar refractivity (Wildman–Crippen MR) is 73.3 cm³/mol. The first-order valence-corrected chi connectivity index (χ1v) is 6.26. The fourth-order valence-electron chi connectivity index (χ4n) is 2.34. The molecule has 0 radical (unpaired) electrons. The van der Waals surface area contributed by atoms with Crippen molar-refractivity contribution in [3.05, 3.63) is 48.6 Å². The molecule has 0 saturated carbocycles. The molecule has 1 N–H and O–H groups in total. The molecule has 1 saturated heterocycles. The number of carbonyl (C=O) groups excluding carboxylic acids is 2. The van der Waals surface area contributed by atoms with Crippen LogP contribution < -0.4 is 5.32 Å². The first-order chi connectivity index (χ1) is 8.97. The van der Waals surface area contributed by atoms with Gasteiger partial charge in [0.2, 0.25) is 11.8 Å². The molecular formula is C15H18N2O2. The SMILES string of the molecule is C=CCN1C(=O)C(C)(C)NC(=O)C1c1ccccc1. The van der Waals surface area contributed by atoms with Crippen LogP contribution in [-0.4, -0.2) is 28.8 Å². The van der Waals surface area contributed by atoms with Gasteiger partial charge in [0.25, 0.3) is 0 Å². The van der Waals surface area contributed by atoms with Gasteiger partial charge in [0.05, 0.1) is 0 Å². The smallest absolute Gasteiger partial charge is 0.248 e. The molecule has 1 fully saturated rings. The molecule has 1 aliphatic heterocycles. The second kappa shape index (κ2) is 4.88. The lowest BCUT2D eigenvalue weighted by molar-refractivity contribution is -0.153. The summed E-state index contributed by atoms with van der Waals surface area (Å²) in [6, 6.07) is 8.73. The summed E-state index contributed by atoms with van der Waals surface area (Å²) in [5.41, 5.74) is -0.0588. The van der Waals surface area contributed by atoms with Gasteiger partial charge in [-0.25, -0.2) is 0 Å². The maximum atomic E-state index is 12.4. The van der Waals surface area contributed by atoms with Crippen LogP contribution in [0.2, 0.25) is 0 Å². The average Bonchev–Trinajstić information content (AvgIpc) is 2.36. The molecule has 1 heterocycles. The lowest BCUT2D eigenvalue weighted by atomic mass is 9.93. The van der Waals surface area contributed by atoms with Crippen LogP contribution in [0.5, 0.6) is 0 Å². The molecule has 1 atom stereocenters. The lowest BCUT2D eigenvalue weighted by Crippen LogP contribution is -2.64. The highest BCUT2D eigenvalue weighted by molar-refractivity contribution is 5.99. The van der Waals surface area contributed by atoms with Gasteiger partial charge in [0.1, 0.15) is 11.6 Å². The number of hydrogen-bond donors (Lipinski definition) is 1. The zero-order chi connectivity index (χ0) is 14.0. The molecule has 4 nitrogen and oxygen atoms in total. The van der Waals surface area contributed by atoms with Crippen molar-refractivity contribution >= 4 is 11.8 Å². The maximum absolute atomic E-state index is 12.4. The normalized spacial score (nSPS) is 22.0. The number of nitrogens with one attached hydrogen (secondary N) is 1. The third-order valence-corrected chi connectivity index (χ3v) is 3.23. The van der Waals surface area contributed by atoms with Gasteiger partial charge in [0.15, 0.2) is 0 Å². The number of hydrogen-bond acceptors (Lipinski definition) is 2. The molecule has 0 spiro atoms. The zero-order valence-electron chi connectivity index (χ0n) is 11.2. The van der Waals surface area contributed by atoms with Crippen LogP contribution >= 0.6 is 0 Å². The molecule has 1 aromatic carbocycles. The molecule has 2 rings (SSSR count). The highest BCUT2D eigenvalue weighted by Crippen LogP contribution is 2.28. The van der Waals surface area contributed by atoms with E-state index in [0.29, 0.717) is 6.54 Å². The Hall–Kier alpha value is -2.10. The monoisotopic (exact) mass is 258 g/mol. The van der Waals surface area contributed by atoms with Crippen molar-refractivity contribution in [2.75, 3.05) is 6.54 Å². The van der Waals surface area contributed by atoms with Crippen LogP contribution in [0.1, 0.15) is 25.5 Å². The van der Waals surface area contributed by atoms with E-state index in [2.05, 4.69) is 11.9 Å². The zero-order valence-corrected chi connectivity index (χ0v) is 11.2. The summed E-state index contributed by atoms with van der Waals surface area (Å²) in [6.07, 6.45) is 1.64. The fourth-order valence-corrected chi connectivity index (χ4v) is 2.34. The molecule has 2 amide bonds. The van der Waals surface area contributed by atoms with Gasteiger partial charge in [-0.05, 0) is 19.4 Å². The second-order valence-electron chi connectivity index (χ2n) is 5.17. The number of nitrogens with zero attached hydrogens (tertiary/aromatic N) is 1. The van der Waals surface area contributed by atoms with E-state index >= 15 is 0 Å². The van der Waals surface area contributed by atoms with Crippen LogP contribution in [0, 0.1) is 0 Å². The Labute approximate surface area is 113 Å². The minimum Gasteiger partial charge on any atom is -0.340 e. The Morgan fingerprint density at radius 3 is 2.53 bits per heavy atom. The molecule has 1 aromatic rings. The molecule has 0 aliphatic carbocycles. The van der Waals surface area contributed by atoms with E-state index in [9.17, 15) is 9.59 Å². The molecule has 19 heavy (non-hydrogen) atoms. The molecule has 4 heteroatoms. The third-order valence-electron chi connectivity index (χ3n) is 3.23. The summed E-state index contributed by atoms with van der Waals surface area (Å²) in [7, 11) is 0. The molecule has 1 unspecified atom stereocenters. The van der Waals surface area contributed by atoms with E-state index < -0.39 is 11.6 Å². The van der Waals surface area contributed by atoms with Gasteiger partial charge >= 0.3 is 0 Å². The fraction of sp³-hybridized carbons (Fsp3) is 0.333. The third kappa shape index (κ3) is 2.38. The van der Waals surface area contributed by atoms with Gasteiger partial charge in [-0.3, -0.25) is 9.59 Å². The van der Waals surface area contributed by atoms with Crippen molar-refractivity contribution in [2.24, 2.45) is 0 Å².